The summed E-state index contributed by atoms with van der Waals surface area (Å²) in [7, 11) is -3.36. The van der Waals surface area contributed by atoms with Gasteiger partial charge in [-0.05, 0) is 43.9 Å². The number of sulfonamides is 1. The van der Waals surface area contributed by atoms with E-state index in [9.17, 15) is 18.0 Å². The summed E-state index contributed by atoms with van der Waals surface area (Å²) < 4.78 is 32.1. The predicted octanol–water partition coefficient (Wildman–Crippen LogP) is 2.20. The summed E-state index contributed by atoms with van der Waals surface area (Å²) in [5, 5.41) is 2.92. The predicted molar refractivity (Wildman–Crippen MR) is 130 cm³/mol. The fourth-order valence-electron chi connectivity index (χ4n) is 4.47. The van der Waals surface area contributed by atoms with E-state index in [1.807, 2.05) is 36.4 Å². The number of rotatable bonds is 7. The SMILES string of the molecule is CCS(=O)(=O)N1CCC[C@H](C(=O)N2C[C@H](C(=O)NCCc3ccccc3)Oc3ccccc32)C1. The number of piperidine rings is 1. The largest absolute Gasteiger partial charge is 0.477 e. The molecule has 0 unspecified atom stereocenters. The van der Waals surface area contributed by atoms with E-state index in [0.717, 1.165) is 5.56 Å². The Hall–Kier alpha value is -2.91. The number of hydrogen-bond donors (Lipinski definition) is 1. The minimum absolute atomic E-state index is 0.0134. The number of hydrogen-bond acceptors (Lipinski definition) is 5. The number of amides is 2. The van der Waals surface area contributed by atoms with Gasteiger partial charge in [0.15, 0.2) is 6.10 Å². The van der Waals surface area contributed by atoms with Crippen LogP contribution in [0.4, 0.5) is 5.69 Å². The summed E-state index contributed by atoms with van der Waals surface area (Å²) >= 11 is 0. The maximum Gasteiger partial charge on any atom is 0.262 e. The first-order chi connectivity index (χ1) is 16.4. The maximum atomic E-state index is 13.6. The molecule has 2 heterocycles. The van der Waals surface area contributed by atoms with Gasteiger partial charge in [-0.15, -0.1) is 0 Å². The Balaban J connectivity index is 1.46. The second-order valence-corrected chi connectivity index (χ2v) is 10.9. The minimum atomic E-state index is -3.36. The summed E-state index contributed by atoms with van der Waals surface area (Å²) in [5.41, 5.74) is 1.73. The molecule has 2 aliphatic heterocycles. The van der Waals surface area contributed by atoms with Crippen LogP contribution < -0.4 is 15.0 Å². The Bertz CT molecular complexity index is 1120. The number of carbonyl (C=O) groups is 2. The first-order valence-corrected chi connectivity index (χ1v) is 13.4. The Labute approximate surface area is 200 Å². The zero-order valence-electron chi connectivity index (χ0n) is 19.4. The van der Waals surface area contributed by atoms with E-state index >= 15 is 0 Å². The lowest BCUT2D eigenvalue weighted by atomic mass is 9.97. The average molecular weight is 486 g/mol. The number of fused-ring (bicyclic) bond motifs is 1. The number of nitrogens with zero attached hydrogens (tertiary/aromatic N) is 2. The Kier molecular flexibility index (Phi) is 7.53. The number of para-hydroxylation sites is 2. The van der Waals surface area contributed by atoms with Crippen LogP contribution in [0.3, 0.4) is 0 Å². The van der Waals surface area contributed by atoms with Crippen LogP contribution in [-0.4, -0.2) is 62.6 Å². The van der Waals surface area contributed by atoms with Crippen LogP contribution in [-0.2, 0) is 26.0 Å². The number of benzene rings is 2. The van der Waals surface area contributed by atoms with Gasteiger partial charge in [0.25, 0.3) is 5.91 Å². The smallest absolute Gasteiger partial charge is 0.262 e. The van der Waals surface area contributed by atoms with E-state index in [1.54, 1.807) is 30.0 Å². The highest BCUT2D eigenvalue weighted by atomic mass is 32.2. The van der Waals surface area contributed by atoms with E-state index in [1.165, 1.54) is 4.31 Å². The van der Waals surface area contributed by atoms with Gasteiger partial charge in [-0.2, -0.15) is 0 Å². The minimum Gasteiger partial charge on any atom is -0.477 e. The molecule has 1 fully saturated rings. The van der Waals surface area contributed by atoms with Crippen molar-refractivity contribution >= 4 is 27.5 Å². The third-order valence-corrected chi connectivity index (χ3v) is 8.23. The number of carbonyl (C=O) groups excluding carboxylic acids is 2. The normalized spacial score (nSPS) is 20.8. The molecule has 0 radical (unpaired) electrons. The van der Waals surface area contributed by atoms with Gasteiger partial charge in [0.2, 0.25) is 15.9 Å². The summed E-state index contributed by atoms with van der Waals surface area (Å²) in [6.07, 6.45) is 1.10. The number of anilines is 1. The first kappa shape index (κ1) is 24.2. The summed E-state index contributed by atoms with van der Waals surface area (Å²) in [6, 6.07) is 17.0. The molecular weight excluding hydrogens is 454 g/mol. The first-order valence-electron chi connectivity index (χ1n) is 11.8. The zero-order chi connectivity index (χ0) is 24.1. The molecule has 182 valence electrons. The number of nitrogens with one attached hydrogen (secondary N) is 1. The van der Waals surface area contributed by atoms with Crippen molar-refractivity contribution in [3.05, 3.63) is 60.2 Å². The molecule has 8 nitrogen and oxygen atoms in total. The Morgan fingerprint density at radius 3 is 2.56 bits per heavy atom. The molecule has 2 amide bonds. The summed E-state index contributed by atoms with van der Waals surface area (Å²) in [6.45, 7) is 2.77. The highest BCUT2D eigenvalue weighted by Gasteiger charge is 2.39. The Morgan fingerprint density at radius 2 is 1.79 bits per heavy atom. The van der Waals surface area contributed by atoms with Gasteiger partial charge >= 0.3 is 0 Å². The van der Waals surface area contributed by atoms with Gasteiger partial charge in [-0.25, -0.2) is 12.7 Å². The topological polar surface area (TPSA) is 96.0 Å². The monoisotopic (exact) mass is 485 g/mol. The lowest BCUT2D eigenvalue weighted by molar-refractivity contribution is -0.129. The Morgan fingerprint density at radius 1 is 1.06 bits per heavy atom. The van der Waals surface area contributed by atoms with Crippen molar-refractivity contribution in [3.8, 4) is 5.75 Å². The molecule has 0 saturated carbocycles. The molecule has 2 aliphatic rings. The van der Waals surface area contributed by atoms with Crippen molar-refractivity contribution in [1.82, 2.24) is 9.62 Å². The van der Waals surface area contributed by atoms with Crippen LogP contribution >= 0.6 is 0 Å². The second kappa shape index (κ2) is 10.6. The molecule has 1 N–H and O–H groups in total. The molecule has 1 saturated heterocycles. The quantitative estimate of drug-likeness (QED) is 0.649. The maximum absolute atomic E-state index is 13.6. The summed E-state index contributed by atoms with van der Waals surface area (Å²) in [4.78, 5) is 28.1. The van der Waals surface area contributed by atoms with Crippen LogP contribution in [0.5, 0.6) is 5.75 Å². The molecule has 0 bridgehead atoms. The van der Waals surface area contributed by atoms with Crippen LogP contribution in [0.25, 0.3) is 0 Å². The molecule has 0 spiro atoms. The molecule has 2 aromatic carbocycles. The van der Waals surface area contributed by atoms with Crippen molar-refractivity contribution in [2.45, 2.75) is 32.3 Å². The molecule has 2 atom stereocenters. The van der Waals surface area contributed by atoms with Gasteiger partial charge in [-0.3, -0.25) is 9.59 Å². The second-order valence-electron chi connectivity index (χ2n) is 8.65. The van der Waals surface area contributed by atoms with Crippen molar-refractivity contribution in [1.29, 1.82) is 0 Å². The van der Waals surface area contributed by atoms with E-state index in [4.69, 9.17) is 4.74 Å². The highest BCUT2D eigenvalue weighted by molar-refractivity contribution is 7.89. The lowest BCUT2D eigenvalue weighted by Gasteiger charge is -2.38. The van der Waals surface area contributed by atoms with Crippen LogP contribution in [0, 0.1) is 5.92 Å². The van der Waals surface area contributed by atoms with Crippen molar-refractivity contribution in [2.75, 3.05) is 36.8 Å². The standard InChI is InChI=1S/C25H31N3O5S/c1-2-34(31,32)27-16-8-11-20(17-27)25(30)28-18-23(33-22-13-7-6-12-21(22)28)24(29)26-15-14-19-9-4-3-5-10-19/h3-7,9-10,12-13,20,23H,2,8,11,14-18H2,1H3,(H,26,29)/t20-,23+/m0/s1. The van der Waals surface area contributed by atoms with Gasteiger partial charge in [-0.1, -0.05) is 42.5 Å². The van der Waals surface area contributed by atoms with Crippen molar-refractivity contribution < 1.29 is 22.7 Å². The van der Waals surface area contributed by atoms with Gasteiger partial charge in [0, 0.05) is 19.6 Å². The van der Waals surface area contributed by atoms with Gasteiger partial charge in [0.05, 0.1) is 23.9 Å². The van der Waals surface area contributed by atoms with E-state index in [0.29, 0.717) is 43.8 Å². The molecular formula is C25H31N3O5S. The fraction of sp³-hybridized carbons (Fsp3) is 0.440. The van der Waals surface area contributed by atoms with Crippen molar-refractivity contribution in [2.24, 2.45) is 5.92 Å². The zero-order valence-corrected chi connectivity index (χ0v) is 20.2. The third-order valence-electron chi connectivity index (χ3n) is 6.38. The molecule has 0 aromatic heterocycles. The molecule has 4 rings (SSSR count). The van der Waals surface area contributed by atoms with E-state index in [2.05, 4.69) is 5.32 Å². The molecule has 0 aliphatic carbocycles. The third kappa shape index (κ3) is 5.42. The summed E-state index contributed by atoms with van der Waals surface area (Å²) in [5.74, 6) is -0.419. The highest BCUT2D eigenvalue weighted by Crippen LogP contribution is 2.35. The molecule has 34 heavy (non-hydrogen) atoms. The van der Waals surface area contributed by atoms with Crippen LogP contribution in [0.15, 0.2) is 54.6 Å². The van der Waals surface area contributed by atoms with Gasteiger partial charge in [0.1, 0.15) is 5.75 Å². The van der Waals surface area contributed by atoms with E-state index in [-0.39, 0.29) is 30.7 Å². The number of ether oxygens (including phenoxy) is 1. The van der Waals surface area contributed by atoms with Gasteiger partial charge < -0.3 is 15.0 Å². The molecule has 2 aromatic rings. The van der Waals surface area contributed by atoms with E-state index < -0.39 is 22.0 Å². The van der Waals surface area contributed by atoms with Crippen molar-refractivity contribution in [3.63, 3.8) is 0 Å². The average Bonchev–Trinajstić information content (AvgIpc) is 2.88. The van der Waals surface area contributed by atoms with Crippen LogP contribution in [0.1, 0.15) is 25.3 Å². The fourth-order valence-corrected chi connectivity index (χ4v) is 5.65. The van der Waals surface area contributed by atoms with Crippen LogP contribution in [0.2, 0.25) is 0 Å². The molecule has 9 heteroatoms. The lowest BCUT2D eigenvalue weighted by Crippen LogP contribution is -2.54.